The van der Waals surface area contributed by atoms with Gasteiger partial charge in [-0.1, -0.05) is 152 Å². The van der Waals surface area contributed by atoms with Crippen LogP contribution >= 0.6 is 11.3 Å². The Kier molecular flexibility index (Phi) is 7.64. The Morgan fingerprint density at radius 2 is 0.857 bits per heavy atom. The van der Waals surface area contributed by atoms with Crippen LogP contribution < -0.4 is 0 Å². The first-order valence-corrected chi connectivity index (χ1v) is 19.5. The second-order valence-electron chi connectivity index (χ2n) is 14.0. The second-order valence-corrected chi connectivity index (χ2v) is 15.1. The van der Waals surface area contributed by atoms with Crippen LogP contribution in [0.3, 0.4) is 0 Å². The third-order valence-electron chi connectivity index (χ3n) is 10.5. The van der Waals surface area contributed by atoms with Gasteiger partial charge in [0, 0.05) is 53.2 Å². The van der Waals surface area contributed by atoms with Crippen LogP contribution in [-0.2, 0) is 0 Å². The van der Waals surface area contributed by atoms with Gasteiger partial charge in [0.1, 0.15) is 11.2 Å². The average molecular weight is 734 g/mol. The van der Waals surface area contributed by atoms with Gasteiger partial charge in [0.05, 0.1) is 0 Å². The summed E-state index contributed by atoms with van der Waals surface area (Å²) in [6.07, 6.45) is 0. The Labute approximate surface area is 327 Å². The number of fused-ring (bicyclic) bond motifs is 6. The largest absolute Gasteiger partial charge is 0.455 e. The topological polar surface area (TPSA) is 51.8 Å². The van der Waals surface area contributed by atoms with E-state index in [0.717, 1.165) is 72.0 Å². The standard InChI is InChI=1S/C51H31N3OS/c1-3-12-32(13-4-1)34-22-24-35(25-23-34)49-52-50(36-26-27-43-42-17-8-10-21-46(42)56-47(43)31-36)54-51(53-49)39-29-37(33-14-5-2-6-15-33)28-38(30-39)40-18-11-19-44-41-16-7-9-20-45(41)55-48(40)44/h1-31H. The van der Waals surface area contributed by atoms with Gasteiger partial charge in [0.25, 0.3) is 0 Å². The third-order valence-corrected chi connectivity index (χ3v) is 11.7. The molecule has 0 aliphatic carbocycles. The molecule has 0 bridgehead atoms. The number of furan rings is 1. The maximum Gasteiger partial charge on any atom is 0.164 e. The minimum absolute atomic E-state index is 0.601. The van der Waals surface area contributed by atoms with E-state index in [0.29, 0.717) is 17.5 Å². The molecule has 11 aromatic rings. The zero-order valence-electron chi connectivity index (χ0n) is 30.1. The van der Waals surface area contributed by atoms with Crippen LogP contribution in [0.4, 0.5) is 0 Å². The van der Waals surface area contributed by atoms with Crippen molar-refractivity contribution in [3.8, 4) is 67.5 Å². The molecule has 0 atom stereocenters. The highest BCUT2D eigenvalue weighted by molar-refractivity contribution is 7.25. The van der Waals surface area contributed by atoms with E-state index in [2.05, 4.69) is 164 Å². The third kappa shape index (κ3) is 5.65. The van der Waals surface area contributed by atoms with Gasteiger partial charge in [-0.3, -0.25) is 0 Å². The number of rotatable bonds is 6. The highest BCUT2D eigenvalue weighted by atomic mass is 32.1. The number of nitrogens with zero attached hydrogens (tertiary/aromatic N) is 3. The van der Waals surface area contributed by atoms with Gasteiger partial charge in [-0.05, 0) is 64.2 Å². The molecule has 0 aliphatic rings. The lowest BCUT2D eigenvalue weighted by atomic mass is 9.94. The smallest absolute Gasteiger partial charge is 0.164 e. The quantitative estimate of drug-likeness (QED) is 0.171. The van der Waals surface area contributed by atoms with Crippen LogP contribution in [0.5, 0.6) is 0 Å². The summed E-state index contributed by atoms with van der Waals surface area (Å²) in [7, 11) is 0. The number of para-hydroxylation sites is 2. The summed E-state index contributed by atoms with van der Waals surface area (Å²) in [5, 5.41) is 4.69. The summed E-state index contributed by atoms with van der Waals surface area (Å²) >= 11 is 1.79. The van der Waals surface area contributed by atoms with Crippen LogP contribution in [-0.4, -0.2) is 15.0 Å². The minimum Gasteiger partial charge on any atom is -0.455 e. The summed E-state index contributed by atoms with van der Waals surface area (Å²) in [4.78, 5) is 15.6. The first kappa shape index (κ1) is 32.2. The number of thiophene rings is 1. The predicted molar refractivity (Wildman–Crippen MR) is 233 cm³/mol. The fourth-order valence-corrected chi connectivity index (χ4v) is 8.90. The first-order valence-electron chi connectivity index (χ1n) is 18.7. The van der Waals surface area contributed by atoms with Gasteiger partial charge in [-0.2, -0.15) is 0 Å². The fourth-order valence-electron chi connectivity index (χ4n) is 7.75. The Hall–Kier alpha value is -7.21. The van der Waals surface area contributed by atoms with E-state index < -0.39 is 0 Å². The summed E-state index contributed by atoms with van der Waals surface area (Å²) < 4.78 is 9.01. The molecule has 0 saturated carbocycles. The molecule has 4 nitrogen and oxygen atoms in total. The van der Waals surface area contributed by atoms with Crippen LogP contribution in [0, 0.1) is 0 Å². The van der Waals surface area contributed by atoms with Crippen LogP contribution in [0.15, 0.2) is 192 Å². The van der Waals surface area contributed by atoms with Crippen molar-refractivity contribution in [2.24, 2.45) is 0 Å². The highest BCUT2D eigenvalue weighted by Crippen LogP contribution is 2.40. The molecule has 262 valence electrons. The van der Waals surface area contributed by atoms with Gasteiger partial charge >= 0.3 is 0 Å². The van der Waals surface area contributed by atoms with E-state index in [1.54, 1.807) is 11.3 Å². The average Bonchev–Trinajstić information content (AvgIpc) is 3.85. The first-order chi connectivity index (χ1) is 27.7. The molecule has 0 amide bonds. The molecule has 0 aliphatic heterocycles. The molecule has 11 rings (SSSR count). The number of aromatic nitrogens is 3. The highest BCUT2D eigenvalue weighted by Gasteiger charge is 2.18. The summed E-state index contributed by atoms with van der Waals surface area (Å²) in [5.41, 5.74) is 11.0. The molecule has 56 heavy (non-hydrogen) atoms. The Balaban J connectivity index is 1.12. The zero-order chi connectivity index (χ0) is 37.0. The van der Waals surface area contributed by atoms with Gasteiger partial charge in [-0.25, -0.2) is 15.0 Å². The summed E-state index contributed by atoms with van der Waals surface area (Å²) in [6.45, 7) is 0. The number of hydrogen-bond acceptors (Lipinski definition) is 5. The number of hydrogen-bond donors (Lipinski definition) is 0. The maximum absolute atomic E-state index is 6.54. The van der Waals surface area contributed by atoms with Gasteiger partial charge in [0.15, 0.2) is 17.5 Å². The van der Waals surface area contributed by atoms with E-state index in [4.69, 9.17) is 19.4 Å². The minimum atomic E-state index is 0.601. The normalized spacial score (nSPS) is 11.6. The summed E-state index contributed by atoms with van der Waals surface area (Å²) in [6, 6.07) is 65.7. The second kappa shape index (κ2) is 13.3. The van der Waals surface area contributed by atoms with E-state index in [1.807, 2.05) is 24.3 Å². The van der Waals surface area contributed by atoms with Crippen molar-refractivity contribution in [3.63, 3.8) is 0 Å². The lowest BCUT2D eigenvalue weighted by Crippen LogP contribution is -2.00. The monoisotopic (exact) mass is 733 g/mol. The van der Waals surface area contributed by atoms with Gasteiger partial charge < -0.3 is 4.42 Å². The molecule has 5 heteroatoms. The van der Waals surface area contributed by atoms with Crippen LogP contribution in [0.25, 0.3) is 110 Å². The molecule has 0 spiro atoms. The van der Waals surface area contributed by atoms with Crippen LogP contribution in [0.1, 0.15) is 0 Å². The molecule has 8 aromatic carbocycles. The van der Waals surface area contributed by atoms with Crippen molar-refractivity contribution in [3.05, 3.63) is 188 Å². The zero-order valence-corrected chi connectivity index (χ0v) is 30.9. The van der Waals surface area contributed by atoms with Crippen molar-refractivity contribution in [2.75, 3.05) is 0 Å². The van der Waals surface area contributed by atoms with E-state index in [9.17, 15) is 0 Å². The predicted octanol–water partition coefficient (Wildman–Crippen LogP) is 14.1. The van der Waals surface area contributed by atoms with E-state index in [-0.39, 0.29) is 0 Å². The molecule has 0 N–H and O–H groups in total. The molecule has 0 unspecified atom stereocenters. The van der Waals surface area contributed by atoms with Gasteiger partial charge in [-0.15, -0.1) is 11.3 Å². The Bertz CT molecular complexity index is 3240. The molecule has 0 radical (unpaired) electrons. The van der Waals surface area contributed by atoms with Crippen molar-refractivity contribution in [1.82, 2.24) is 15.0 Å². The van der Waals surface area contributed by atoms with Gasteiger partial charge in [0.2, 0.25) is 0 Å². The van der Waals surface area contributed by atoms with Crippen molar-refractivity contribution >= 4 is 53.4 Å². The molecule has 3 aromatic heterocycles. The lowest BCUT2D eigenvalue weighted by Gasteiger charge is -2.13. The van der Waals surface area contributed by atoms with E-state index in [1.165, 1.54) is 20.2 Å². The lowest BCUT2D eigenvalue weighted by molar-refractivity contribution is 0.670. The summed E-state index contributed by atoms with van der Waals surface area (Å²) in [5.74, 6) is 1.85. The van der Waals surface area contributed by atoms with Crippen molar-refractivity contribution < 1.29 is 4.42 Å². The van der Waals surface area contributed by atoms with Crippen molar-refractivity contribution in [2.45, 2.75) is 0 Å². The van der Waals surface area contributed by atoms with Crippen molar-refractivity contribution in [1.29, 1.82) is 0 Å². The molecular formula is C51H31N3OS. The maximum atomic E-state index is 6.54. The molecule has 3 heterocycles. The molecule has 0 fully saturated rings. The Morgan fingerprint density at radius 3 is 1.64 bits per heavy atom. The van der Waals surface area contributed by atoms with Crippen LogP contribution in [0.2, 0.25) is 0 Å². The molecular weight excluding hydrogens is 703 g/mol. The number of benzene rings is 8. The SMILES string of the molecule is c1ccc(-c2ccc(-c3nc(-c4cc(-c5ccccc5)cc(-c5cccc6c5oc5ccccc56)c4)nc(-c4ccc5c(c4)sc4ccccc45)n3)cc2)cc1. The Morgan fingerprint density at radius 1 is 0.321 bits per heavy atom. The van der Waals surface area contributed by atoms with E-state index >= 15 is 0 Å². The fraction of sp³-hybridized carbons (Fsp3) is 0. The molecule has 0 saturated heterocycles.